The molecule has 0 unspecified atom stereocenters. The van der Waals surface area contributed by atoms with Gasteiger partial charge in [-0.15, -0.1) is 0 Å². The number of alkyl halides is 3. The standard InChI is InChI=1S/C22H18F3NO3/c1-14(27)3-4-16-5-11-19(12-6-16)28-13-20-15(2)26-21(29-20)17-7-9-18(10-8-17)22(23,24)25/h3-12H,13H2,1-2H3/b4-3+. The van der Waals surface area contributed by atoms with Crippen molar-refractivity contribution in [3.05, 3.63) is 77.2 Å². The zero-order chi connectivity index (χ0) is 21.0. The third-order valence-corrected chi connectivity index (χ3v) is 4.11. The Labute approximate surface area is 165 Å². The predicted molar refractivity (Wildman–Crippen MR) is 102 cm³/mol. The number of benzene rings is 2. The fourth-order valence-electron chi connectivity index (χ4n) is 2.52. The van der Waals surface area contributed by atoms with Crippen LogP contribution in [0.5, 0.6) is 5.75 Å². The van der Waals surface area contributed by atoms with Crippen molar-refractivity contribution < 1.29 is 27.1 Å². The van der Waals surface area contributed by atoms with Crippen molar-refractivity contribution in [3.63, 3.8) is 0 Å². The third-order valence-electron chi connectivity index (χ3n) is 4.11. The summed E-state index contributed by atoms with van der Waals surface area (Å²) in [5.41, 5.74) is 1.19. The molecule has 3 rings (SSSR count). The number of carbonyl (C=O) groups excluding carboxylic acids is 1. The average molecular weight is 401 g/mol. The van der Waals surface area contributed by atoms with Gasteiger partial charge in [-0.1, -0.05) is 18.2 Å². The second kappa shape index (κ2) is 8.34. The van der Waals surface area contributed by atoms with E-state index in [1.807, 2.05) is 12.1 Å². The van der Waals surface area contributed by atoms with E-state index in [1.54, 1.807) is 25.1 Å². The number of allylic oxidation sites excluding steroid dienone is 1. The Morgan fingerprint density at radius 2 is 1.76 bits per heavy atom. The molecule has 0 atom stereocenters. The number of hydrogen-bond acceptors (Lipinski definition) is 4. The fraction of sp³-hybridized carbons (Fsp3) is 0.182. The molecule has 0 aliphatic carbocycles. The van der Waals surface area contributed by atoms with Crippen molar-refractivity contribution in [1.82, 2.24) is 4.98 Å². The lowest BCUT2D eigenvalue weighted by Gasteiger charge is -2.06. The van der Waals surface area contributed by atoms with E-state index in [9.17, 15) is 18.0 Å². The Morgan fingerprint density at radius 1 is 1.10 bits per heavy atom. The highest BCUT2D eigenvalue weighted by molar-refractivity contribution is 5.91. The van der Waals surface area contributed by atoms with Gasteiger partial charge in [-0.2, -0.15) is 13.2 Å². The Balaban J connectivity index is 1.67. The minimum atomic E-state index is -4.39. The summed E-state index contributed by atoms with van der Waals surface area (Å²) < 4.78 is 49.4. The number of carbonyl (C=O) groups is 1. The summed E-state index contributed by atoms with van der Waals surface area (Å²) in [6, 6.07) is 11.8. The number of ether oxygens (including phenoxy) is 1. The van der Waals surface area contributed by atoms with Gasteiger partial charge in [0.2, 0.25) is 5.89 Å². The largest absolute Gasteiger partial charge is 0.486 e. The molecule has 1 aromatic heterocycles. The minimum Gasteiger partial charge on any atom is -0.486 e. The quantitative estimate of drug-likeness (QED) is 0.486. The lowest BCUT2D eigenvalue weighted by atomic mass is 10.1. The number of aromatic nitrogens is 1. The van der Waals surface area contributed by atoms with E-state index in [1.165, 1.54) is 25.1 Å². The third kappa shape index (κ3) is 5.34. The SMILES string of the molecule is CC(=O)/C=C/c1ccc(OCc2oc(-c3ccc(C(F)(F)F)cc3)nc2C)cc1. The van der Waals surface area contributed by atoms with Crippen LogP contribution in [0.1, 0.15) is 29.5 Å². The van der Waals surface area contributed by atoms with Gasteiger partial charge in [0.05, 0.1) is 11.3 Å². The molecule has 7 heteroatoms. The molecule has 0 fully saturated rings. The Hall–Kier alpha value is -3.35. The van der Waals surface area contributed by atoms with Crippen LogP contribution in [-0.2, 0) is 17.6 Å². The number of aryl methyl sites for hydroxylation is 1. The van der Waals surface area contributed by atoms with E-state index in [0.29, 0.717) is 22.8 Å². The van der Waals surface area contributed by atoms with Crippen LogP contribution in [0, 0.1) is 6.92 Å². The maximum absolute atomic E-state index is 12.7. The molecule has 0 bridgehead atoms. The summed E-state index contributed by atoms with van der Waals surface area (Å²) in [6.45, 7) is 3.35. The number of ketones is 1. The van der Waals surface area contributed by atoms with Crippen molar-refractivity contribution in [2.75, 3.05) is 0 Å². The van der Waals surface area contributed by atoms with Crippen LogP contribution >= 0.6 is 0 Å². The first-order valence-electron chi connectivity index (χ1n) is 8.78. The van der Waals surface area contributed by atoms with Crippen LogP contribution < -0.4 is 4.74 Å². The Bertz CT molecular complexity index is 1020. The molecule has 2 aromatic carbocycles. The lowest BCUT2D eigenvalue weighted by molar-refractivity contribution is -0.137. The smallest absolute Gasteiger partial charge is 0.416 e. The van der Waals surface area contributed by atoms with E-state index in [4.69, 9.17) is 9.15 Å². The number of hydrogen-bond donors (Lipinski definition) is 0. The van der Waals surface area contributed by atoms with Gasteiger partial charge in [0.25, 0.3) is 0 Å². The molecular formula is C22H18F3NO3. The molecule has 1 heterocycles. The molecule has 0 aliphatic heterocycles. The molecule has 3 aromatic rings. The van der Waals surface area contributed by atoms with Crippen LogP contribution in [0.4, 0.5) is 13.2 Å². The molecule has 0 amide bonds. The first-order chi connectivity index (χ1) is 13.7. The maximum atomic E-state index is 12.7. The highest BCUT2D eigenvalue weighted by atomic mass is 19.4. The number of halogens is 3. The van der Waals surface area contributed by atoms with Gasteiger partial charge in [0.1, 0.15) is 12.4 Å². The molecule has 0 saturated carbocycles. The molecule has 0 spiro atoms. The summed E-state index contributed by atoms with van der Waals surface area (Å²) in [5, 5.41) is 0. The molecule has 0 N–H and O–H groups in total. The van der Waals surface area contributed by atoms with E-state index in [2.05, 4.69) is 4.98 Å². The van der Waals surface area contributed by atoms with Crippen molar-refractivity contribution >= 4 is 11.9 Å². The van der Waals surface area contributed by atoms with Crippen molar-refractivity contribution in [2.45, 2.75) is 26.6 Å². The van der Waals surface area contributed by atoms with Gasteiger partial charge in [-0.3, -0.25) is 4.79 Å². The zero-order valence-electron chi connectivity index (χ0n) is 15.8. The summed E-state index contributed by atoms with van der Waals surface area (Å²) in [5.74, 6) is 1.30. The monoisotopic (exact) mass is 401 g/mol. The topological polar surface area (TPSA) is 52.3 Å². The molecular weight excluding hydrogens is 383 g/mol. The molecule has 4 nitrogen and oxygen atoms in total. The molecule has 0 aliphatic rings. The number of nitrogens with zero attached hydrogens (tertiary/aromatic N) is 1. The average Bonchev–Trinajstić information content (AvgIpc) is 3.05. The van der Waals surface area contributed by atoms with E-state index < -0.39 is 11.7 Å². The highest BCUT2D eigenvalue weighted by Crippen LogP contribution is 2.31. The van der Waals surface area contributed by atoms with Crippen molar-refractivity contribution in [3.8, 4) is 17.2 Å². The van der Waals surface area contributed by atoms with E-state index in [0.717, 1.165) is 17.7 Å². The zero-order valence-corrected chi connectivity index (χ0v) is 15.8. The van der Waals surface area contributed by atoms with Crippen molar-refractivity contribution in [1.29, 1.82) is 0 Å². The normalized spacial score (nSPS) is 11.8. The van der Waals surface area contributed by atoms with Gasteiger partial charge in [-0.05, 0) is 61.9 Å². The highest BCUT2D eigenvalue weighted by Gasteiger charge is 2.30. The summed E-state index contributed by atoms with van der Waals surface area (Å²) in [4.78, 5) is 15.2. The number of rotatable bonds is 6. The molecule has 29 heavy (non-hydrogen) atoms. The first kappa shape index (κ1) is 20.4. The van der Waals surface area contributed by atoms with Gasteiger partial charge in [0.15, 0.2) is 11.5 Å². The van der Waals surface area contributed by atoms with E-state index >= 15 is 0 Å². The summed E-state index contributed by atoms with van der Waals surface area (Å²) in [7, 11) is 0. The summed E-state index contributed by atoms with van der Waals surface area (Å²) in [6.07, 6.45) is -1.19. The fourth-order valence-corrected chi connectivity index (χ4v) is 2.52. The van der Waals surface area contributed by atoms with Gasteiger partial charge in [0, 0.05) is 5.56 Å². The van der Waals surface area contributed by atoms with Crippen LogP contribution in [0.15, 0.2) is 59.0 Å². The minimum absolute atomic E-state index is 0.0324. The lowest BCUT2D eigenvalue weighted by Crippen LogP contribution is -2.03. The van der Waals surface area contributed by atoms with Crippen LogP contribution in [0.2, 0.25) is 0 Å². The Kier molecular flexibility index (Phi) is 5.87. The molecule has 0 radical (unpaired) electrons. The van der Waals surface area contributed by atoms with Crippen LogP contribution in [-0.4, -0.2) is 10.8 Å². The van der Waals surface area contributed by atoms with Crippen LogP contribution in [0.3, 0.4) is 0 Å². The predicted octanol–water partition coefficient (Wildman–Crippen LogP) is 5.85. The Morgan fingerprint density at radius 3 is 2.34 bits per heavy atom. The maximum Gasteiger partial charge on any atom is 0.416 e. The molecule has 0 saturated heterocycles. The van der Waals surface area contributed by atoms with Crippen molar-refractivity contribution in [2.24, 2.45) is 0 Å². The molecule has 150 valence electrons. The van der Waals surface area contributed by atoms with Gasteiger partial charge < -0.3 is 9.15 Å². The van der Waals surface area contributed by atoms with Gasteiger partial charge in [-0.25, -0.2) is 4.98 Å². The van der Waals surface area contributed by atoms with Crippen LogP contribution in [0.25, 0.3) is 17.5 Å². The summed E-state index contributed by atoms with van der Waals surface area (Å²) >= 11 is 0. The second-order valence-corrected chi connectivity index (χ2v) is 6.40. The number of oxazole rings is 1. The van der Waals surface area contributed by atoms with E-state index in [-0.39, 0.29) is 18.3 Å². The second-order valence-electron chi connectivity index (χ2n) is 6.40. The first-order valence-corrected chi connectivity index (χ1v) is 8.78. The van der Waals surface area contributed by atoms with Gasteiger partial charge >= 0.3 is 6.18 Å².